The summed E-state index contributed by atoms with van der Waals surface area (Å²) in [4.78, 5) is 35.5. The fourth-order valence-electron chi connectivity index (χ4n) is 2.67. The van der Waals surface area contributed by atoms with Crippen LogP contribution in [0.3, 0.4) is 0 Å². The number of halogens is 1. The van der Waals surface area contributed by atoms with Crippen LogP contribution in [0.25, 0.3) is 0 Å². The monoisotopic (exact) mass is 402 g/mol. The van der Waals surface area contributed by atoms with E-state index in [1.165, 1.54) is 6.92 Å². The van der Waals surface area contributed by atoms with Gasteiger partial charge in [-0.05, 0) is 49.2 Å². The van der Waals surface area contributed by atoms with Gasteiger partial charge in [0.25, 0.3) is 5.91 Å². The number of para-hydroxylation sites is 1. The van der Waals surface area contributed by atoms with E-state index in [0.29, 0.717) is 29.3 Å². The van der Waals surface area contributed by atoms with Crippen molar-refractivity contribution in [3.8, 4) is 5.75 Å². The molecular formula is C20H19ClN2O5. The molecule has 2 amide bonds. The molecule has 0 bridgehead atoms. The zero-order chi connectivity index (χ0) is 20.1. The van der Waals surface area contributed by atoms with Crippen molar-refractivity contribution >= 4 is 40.8 Å². The summed E-state index contributed by atoms with van der Waals surface area (Å²) >= 11 is 5.99. The Morgan fingerprint density at radius 1 is 1.21 bits per heavy atom. The van der Waals surface area contributed by atoms with Crippen LogP contribution in [0.2, 0.25) is 5.02 Å². The summed E-state index contributed by atoms with van der Waals surface area (Å²) < 4.78 is 10.5. The number of aryl methyl sites for hydroxylation is 1. The molecule has 0 saturated heterocycles. The number of benzene rings is 2. The number of rotatable bonds is 6. The lowest BCUT2D eigenvalue weighted by Crippen LogP contribution is -2.31. The molecule has 1 aliphatic rings. The first-order valence-electron chi connectivity index (χ1n) is 8.73. The average Bonchev–Trinajstić information content (AvgIpc) is 2.68. The van der Waals surface area contributed by atoms with Gasteiger partial charge in [-0.25, -0.2) is 4.79 Å². The Balaban J connectivity index is 1.49. The van der Waals surface area contributed by atoms with Gasteiger partial charge >= 0.3 is 5.97 Å². The third-order valence-electron chi connectivity index (χ3n) is 4.14. The van der Waals surface area contributed by atoms with Crippen molar-refractivity contribution in [2.24, 2.45) is 0 Å². The Hall–Kier alpha value is -3.06. The van der Waals surface area contributed by atoms with Crippen LogP contribution in [0.1, 0.15) is 18.9 Å². The molecule has 1 atom stereocenters. The van der Waals surface area contributed by atoms with Crippen LogP contribution in [0.15, 0.2) is 42.5 Å². The van der Waals surface area contributed by atoms with Crippen LogP contribution in [0.5, 0.6) is 5.75 Å². The van der Waals surface area contributed by atoms with E-state index in [1.54, 1.807) is 42.5 Å². The first-order valence-corrected chi connectivity index (χ1v) is 9.10. The van der Waals surface area contributed by atoms with E-state index in [1.807, 2.05) is 0 Å². The number of carbonyl (C=O) groups excluding carboxylic acids is 3. The number of esters is 1. The molecule has 0 aliphatic carbocycles. The second-order valence-electron chi connectivity index (χ2n) is 6.26. The maximum absolute atomic E-state index is 12.1. The van der Waals surface area contributed by atoms with Gasteiger partial charge < -0.3 is 20.1 Å². The molecule has 1 heterocycles. The molecule has 0 saturated carbocycles. The van der Waals surface area contributed by atoms with Crippen molar-refractivity contribution in [2.45, 2.75) is 25.9 Å². The lowest BCUT2D eigenvalue weighted by Gasteiger charge is -2.18. The molecule has 2 N–H and O–H groups in total. The highest BCUT2D eigenvalue weighted by Crippen LogP contribution is 2.26. The van der Waals surface area contributed by atoms with Gasteiger partial charge in [0.1, 0.15) is 5.75 Å². The number of ether oxygens (including phenoxy) is 2. The van der Waals surface area contributed by atoms with Crippen LogP contribution >= 0.6 is 11.6 Å². The highest BCUT2D eigenvalue weighted by molar-refractivity contribution is 6.33. The summed E-state index contributed by atoms with van der Waals surface area (Å²) in [6.45, 7) is 1.13. The Morgan fingerprint density at radius 2 is 2.00 bits per heavy atom. The molecule has 1 aliphatic heterocycles. The second kappa shape index (κ2) is 8.75. The van der Waals surface area contributed by atoms with Gasteiger partial charge in [-0.3, -0.25) is 9.59 Å². The predicted octanol–water partition coefficient (Wildman–Crippen LogP) is 3.17. The summed E-state index contributed by atoms with van der Waals surface area (Å²) in [6.07, 6.45) is 0.0182. The van der Waals surface area contributed by atoms with E-state index in [9.17, 15) is 14.4 Å². The van der Waals surface area contributed by atoms with Crippen LogP contribution in [-0.4, -0.2) is 30.5 Å². The molecule has 8 heteroatoms. The Morgan fingerprint density at radius 3 is 2.79 bits per heavy atom. The summed E-state index contributed by atoms with van der Waals surface area (Å²) in [5, 5.41) is 5.77. The lowest BCUT2D eigenvalue weighted by molar-refractivity contribution is -0.155. The minimum atomic E-state index is -1.01. The van der Waals surface area contributed by atoms with Gasteiger partial charge in [-0.15, -0.1) is 0 Å². The van der Waals surface area contributed by atoms with E-state index in [-0.39, 0.29) is 12.5 Å². The van der Waals surface area contributed by atoms with Crippen molar-refractivity contribution in [1.82, 2.24) is 0 Å². The van der Waals surface area contributed by atoms with Gasteiger partial charge in [0.2, 0.25) is 5.91 Å². The smallest absolute Gasteiger partial charge is 0.344 e. The Labute approximate surface area is 167 Å². The molecule has 7 nitrogen and oxygen atoms in total. The van der Waals surface area contributed by atoms with Crippen LogP contribution in [-0.2, 0) is 25.5 Å². The van der Waals surface area contributed by atoms with Crippen LogP contribution in [0, 0.1) is 0 Å². The van der Waals surface area contributed by atoms with Gasteiger partial charge in [-0.2, -0.15) is 0 Å². The third kappa shape index (κ3) is 5.01. The fourth-order valence-corrected chi connectivity index (χ4v) is 2.86. The van der Waals surface area contributed by atoms with Crippen molar-refractivity contribution in [1.29, 1.82) is 0 Å². The summed E-state index contributed by atoms with van der Waals surface area (Å²) in [6, 6.07) is 11.9. The van der Waals surface area contributed by atoms with E-state index < -0.39 is 18.0 Å². The molecule has 0 radical (unpaired) electrons. The first-order chi connectivity index (χ1) is 13.4. The molecule has 0 aromatic heterocycles. The van der Waals surface area contributed by atoms with Crippen molar-refractivity contribution in [3.05, 3.63) is 53.1 Å². The highest BCUT2D eigenvalue weighted by atomic mass is 35.5. The molecular weight excluding hydrogens is 384 g/mol. The summed E-state index contributed by atoms with van der Waals surface area (Å²) in [5.41, 5.74) is 2.13. The number of hydrogen-bond donors (Lipinski definition) is 2. The zero-order valence-corrected chi connectivity index (χ0v) is 15.9. The normalized spacial score (nSPS) is 13.7. The largest absolute Gasteiger partial charge is 0.482 e. The number of amides is 2. The van der Waals surface area contributed by atoms with Crippen molar-refractivity contribution in [2.75, 3.05) is 17.2 Å². The maximum atomic E-state index is 12.1. The summed E-state index contributed by atoms with van der Waals surface area (Å²) in [5.74, 6) is -0.701. The number of carbonyl (C=O) groups is 3. The molecule has 1 unspecified atom stereocenters. The standard InChI is InChI=1S/C20H19ClN2O5/c1-12(20(26)23-17-5-3-2-4-15(17)21)28-19(25)11-27-14-7-8-16-13(10-14)6-9-18(24)22-16/h2-5,7-8,10,12H,6,9,11H2,1H3,(H,22,24)(H,23,26). The molecule has 2 aromatic carbocycles. The minimum absolute atomic E-state index is 0.0196. The molecule has 3 rings (SSSR count). The molecule has 2 aromatic rings. The van der Waals surface area contributed by atoms with Gasteiger partial charge in [0.05, 0.1) is 10.7 Å². The predicted molar refractivity (Wildman–Crippen MR) is 105 cm³/mol. The second-order valence-corrected chi connectivity index (χ2v) is 6.66. The topological polar surface area (TPSA) is 93.7 Å². The van der Waals surface area contributed by atoms with Crippen molar-refractivity contribution < 1.29 is 23.9 Å². The molecule has 146 valence electrons. The Kier molecular flexibility index (Phi) is 6.16. The number of hydrogen-bond acceptors (Lipinski definition) is 5. The summed E-state index contributed by atoms with van der Waals surface area (Å²) in [7, 11) is 0. The maximum Gasteiger partial charge on any atom is 0.344 e. The third-order valence-corrected chi connectivity index (χ3v) is 4.47. The quantitative estimate of drug-likeness (QED) is 0.724. The Bertz CT molecular complexity index is 915. The molecule has 0 fully saturated rings. The van der Waals surface area contributed by atoms with E-state index in [2.05, 4.69) is 10.6 Å². The van der Waals surface area contributed by atoms with E-state index in [4.69, 9.17) is 21.1 Å². The SMILES string of the molecule is CC(OC(=O)COc1ccc2c(c1)CCC(=O)N2)C(=O)Nc1ccccc1Cl. The number of nitrogens with one attached hydrogen (secondary N) is 2. The van der Waals surface area contributed by atoms with Gasteiger partial charge in [-0.1, -0.05) is 23.7 Å². The highest BCUT2D eigenvalue weighted by Gasteiger charge is 2.20. The number of anilines is 2. The van der Waals surface area contributed by atoms with Crippen LogP contribution in [0.4, 0.5) is 11.4 Å². The number of fused-ring (bicyclic) bond motifs is 1. The minimum Gasteiger partial charge on any atom is -0.482 e. The lowest BCUT2D eigenvalue weighted by atomic mass is 10.0. The van der Waals surface area contributed by atoms with Gasteiger partial charge in [0.15, 0.2) is 12.7 Å². The van der Waals surface area contributed by atoms with Crippen LogP contribution < -0.4 is 15.4 Å². The molecule has 28 heavy (non-hydrogen) atoms. The van der Waals surface area contributed by atoms with E-state index in [0.717, 1.165) is 11.3 Å². The fraction of sp³-hybridized carbons (Fsp3) is 0.250. The zero-order valence-electron chi connectivity index (χ0n) is 15.2. The van der Waals surface area contributed by atoms with Crippen molar-refractivity contribution in [3.63, 3.8) is 0 Å². The van der Waals surface area contributed by atoms with E-state index >= 15 is 0 Å². The van der Waals surface area contributed by atoms with Gasteiger partial charge in [0, 0.05) is 12.1 Å². The molecule has 0 spiro atoms. The first kappa shape index (κ1) is 19.7. The average molecular weight is 403 g/mol.